The van der Waals surface area contributed by atoms with Gasteiger partial charge in [-0.15, -0.1) is 0 Å². The van der Waals surface area contributed by atoms with Crippen molar-refractivity contribution in [3.05, 3.63) is 52.1 Å². The molecule has 2 aromatic carbocycles. The molecule has 3 rings (SSSR count). The number of hydrogen-bond acceptors (Lipinski definition) is 4. The van der Waals surface area contributed by atoms with E-state index in [2.05, 4.69) is 37.5 Å². The zero-order chi connectivity index (χ0) is 17.6. The third-order valence-electron chi connectivity index (χ3n) is 3.58. The van der Waals surface area contributed by atoms with Crippen LogP contribution < -0.4 is 5.32 Å². The number of imidazole rings is 1. The molecule has 7 heteroatoms. The monoisotopic (exact) mass is 467 g/mol. The summed E-state index contributed by atoms with van der Waals surface area (Å²) in [4.78, 5) is 16.9. The van der Waals surface area contributed by atoms with E-state index in [1.54, 1.807) is 7.11 Å². The maximum atomic E-state index is 12.2. The number of amides is 1. The first kappa shape index (κ1) is 18.2. The first-order valence-electron chi connectivity index (χ1n) is 7.80. The Hall–Kier alpha value is -1.58. The zero-order valence-electron chi connectivity index (χ0n) is 13.7. The fraction of sp³-hybridized carbons (Fsp3) is 0.222. The number of carbonyl (C=O) groups excluding carboxylic acids is 1. The van der Waals surface area contributed by atoms with Gasteiger partial charge in [-0.05, 0) is 52.9 Å². The van der Waals surface area contributed by atoms with Gasteiger partial charge in [-0.3, -0.25) is 4.79 Å². The van der Waals surface area contributed by atoms with Crippen LogP contribution in [0.4, 0.5) is 5.69 Å². The highest BCUT2D eigenvalue weighted by molar-refractivity contribution is 14.1. The van der Waals surface area contributed by atoms with Gasteiger partial charge in [0.2, 0.25) is 5.91 Å². The lowest BCUT2D eigenvalue weighted by Gasteiger charge is -2.09. The summed E-state index contributed by atoms with van der Waals surface area (Å²) in [7, 11) is 1.68. The van der Waals surface area contributed by atoms with Crippen LogP contribution in [0.5, 0.6) is 0 Å². The fourth-order valence-corrected chi connectivity index (χ4v) is 3.84. The Kier molecular flexibility index (Phi) is 6.33. The van der Waals surface area contributed by atoms with E-state index in [4.69, 9.17) is 4.74 Å². The highest BCUT2D eigenvalue weighted by Gasteiger charge is 2.13. The van der Waals surface area contributed by atoms with Gasteiger partial charge in [0, 0.05) is 22.9 Å². The number of benzene rings is 2. The number of para-hydroxylation sites is 2. The highest BCUT2D eigenvalue weighted by Crippen LogP contribution is 2.24. The second kappa shape index (κ2) is 8.68. The van der Waals surface area contributed by atoms with Crippen LogP contribution in [0.3, 0.4) is 0 Å². The fourth-order valence-electron chi connectivity index (χ4n) is 2.46. The minimum atomic E-state index is -0.0441. The number of fused-ring (bicyclic) bond motifs is 1. The number of carbonyl (C=O) groups is 1. The Balaban J connectivity index is 1.70. The molecule has 0 atom stereocenters. The van der Waals surface area contributed by atoms with Gasteiger partial charge < -0.3 is 14.6 Å². The van der Waals surface area contributed by atoms with E-state index in [9.17, 15) is 4.79 Å². The summed E-state index contributed by atoms with van der Waals surface area (Å²) in [6.07, 6.45) is 0. The SMILES string of the molecule is COCCn1c(SCC(=O)Nc2cccc(I)c2)nc2ccccc21. The molecule has 0 bridgehead atoms. The number of methoxy groups -OCH3 is 1. The minimum absolute atomic E-state index is 0.0441. The van der Waals surface area contributed by atoms with E-state index >= 15 is 0 Å². The van der Waals surface area contributed by atoms with E-state index < -0.39 is 0 Å². The molecule has 0 saturated carbocycles. The number of hydrogen-bond donors (Lipinski definition) is 1. The second-order valence-electron chi connectivity index (χ2n) is 5.37. The topological polar surface area (TPSA) is 56.1 Å². The van der Waals surface area contributed by atoms with Gasteiger partial charge in [0.25, 0.3) is 0 Å². The summed E-state index contributed by atoms with van der Waals surface area (Å²) in [6, 6.07) is 15.7. The quantitative estimate of drug-likeness (QED) is 0.422. The zero-order valence-corrected chi connectivity index (χ0v) is 16.7. The molecule has 0 aliphatic rings. The lowest BCUT2D eigenvalue weighted by atomic mass is 10.3. The molecular formula is C18H18IN3O2S. The first-order valence-corrected chi connectivity index (χ1v) is 9.86. The van der Waals surface area contributed by atoms with E-state index in [0.29, 0.717) is 18.9 Å². The number of ether oxygens (including phenoxy) is 1. The summed E-state index contributed by atoms with van der Waals surface area (Å²) in [5, 5.41) is 3.75. The summed E-state index contributed by atoms with van der Waals surface area (Å²) in [6.45, 7) is 1.31. The van der Waals surface area contributed by atoms with E-state index in [1.165, 1.54) is 11.8 Å². The molecule has 25 heavy (non-hydrogen) atoms. The van der Waals surface area contributed by atoms with Crippen LogP contribution in [0.2, 0.25) is 0 Å². The third-order valence-corrected chi connectivity index (χ3v) is 5.23. The molecule has 1 aromatic heterocycles. The lowest BCUT2D eigenvalue weighted by Crippen LogP contribution is -2.15. The van der Waals surface area contributed by atoms with E-state index in [0.717, 1.165) is 25.4 Å². The number of rotatable bonds is 7. The lowest BCUT2D eigenvalue weighted by molar-refractivity contribution is -0.113. The smallest absolute Gasteiger partial charge is 0.234 e. The molecule has 0 saturated heterocycles. The Bertz CT molecular complexity index is 882. The number of thioether (sulfide) groups is 1. The Morgan fingerprint density at radius 1 is 1.28 bits per heavy atom. The van der Waals surface area contributed by atoms with Crippen LogP contribution in [0, 0.1) is 3.57 Å². The van der Waals surface area contributed by atoms with Crippen molar-refractivity contribution in [3.8, 4) is 0 Å². The summed E-state index contributed by atoms with van der Waals surface area (Å²) in [5.74, 6) is 0.263. The average molecular weight is 467 g/mol. The summed E-state index contributed by atoms with van der Waals surface area (Å²) < 4.78 is 8.38. The van der Waals surface area contributed by atoms with Crippen molar-refractivity contribution < 1.29 is 9.53 Å². The van der Waals surface area contributed by atoms with Crippen LogP contribution in [-0.2, 0) is 16.1 Å². The molecule has 0 fully saturated rings. The number of anilines is 1. The Morgan fingerprint density at radius 2 is 2.12 bits per heavy atom. The molecule has 1 amide bonds. The molecule has 3 aromatic rings. The van der Waals surface area contributed by atoms with Crippen LogP contribution in [-0.4, -0.2) is 34.9 Å². The van der Waals surface area contributed by atoms with Crippen molar-refractivity contribution in [3.63, 3.8) is 0 Å². The molecule has 0 aliphatic heterocycles. The maximum absolute atomic E-state index is 12.2. The van der Waals surface area contributed by atoms with Crippen molar-refractivity contribution in [1.82, 2.24) is 9.55 Å². The van der Waals surface area contributed by atoms with Crippen LogP contribution in [0.1, 0.15) is 0 Å². The molecule has 1 heterocycles. The van der Waals surface area contributed by atoms with Gasteiger partial charge in [0.15, 0.2) is 5.16 Å². The van der Waals surface area contributed by atoms with Gasteiger partial charge in [0.1, 0.15) is 0 Å². The van der Waals surface area contributed by atoms with E-state index in [-0.39, 0.29) is 5.91 Å². The van der Waals surface area contributed by atoms with Gasteiger partial charge in [-0.2, -0.15) is 0 Å². The summed E-state index contributed by atoms with van der Waals surface area (Å²) in [5.41, 5.74) is 2.80. The molecule has 5 nitrogen and oxygen atoms in total. The number of aromatic nitrogens is 2. The van der Waals surface area contributed by atoms with Crippen LogP contribution >= 0.6 is 34.4 Å². The highest BCUT2D eigenvalue weighted by atomic mass is 127. The molecule has 0 radical (unpaired) electrons. The van der Waals surface area contributed by atoms with Crippen molar-refractivity contribution in [2.75, 3.05) is 24.8 Å². The average Bonchev–Trinajstić information content (AvgIpc) is 2.96. The van der Waals surface area contributed by atoms with Crippen molar-refractivity contribution in [2.24, 2.45) is 0 Å². The molecular weight excluding hydrogens is 449 g/mol. The van der Waals surface area contributed by atoms with Crippen molar-refractivity contribution >= 4 is 57.0 Å². The van der Waals surface area contributed by atoms with Crippen molar-refractivity contribution in [2.45, 2.75) is 11.7 Å². The first-order chi connectivity index (χ1) is 12.2. The van der Waals surface area contributed by atoms with Crippen molar-refractivity contribution in [1.29, 1.82) is 0 Å². The Morgan fingerprint density at radius 3 is 2.92 bits per heavy atom. The third kappa shape index (κ3) is 4.74. The maximum Gasteiger partial charge on any atom is 0.234 e. The second-order valence-corrected chi connectivity index (χ2v) is 7.56. The molecule has 0 aliphatic carbocycles. The molecule has 0 spiro atoms. The predicted molar refractivity (Wildman–Crippen MR) is 110 cm³/mol. The Labute approximate surface area is 164 Å². The number of halogens is 1. The van der Waals surface area contributed by atoms with Gasteiger partial charge in [-0.25, -0.2) is 4.98 Å². The predicted octanol–water partition coefficient (Wildman–Crippen LogP) is 4.02. The van der Waals surface area contributed by atoms with Gasteiger partial charge in [-0.1, -0.05) is 30.0 Å². The summed E-state index contributed by atoms with van der Waals surface area (Å²) >= 11 is 3.66. The van der Waals surface area contributed by atoms with Gasteiger partial charge in [0.05, 0.1) is 23.4 Å². The van der Waals surface area contributed by atoms with E-state index in [1.807, 2.05) is 48.5 Å². The normalized spacial score (nSPS) is 11.0. The molecule has 1 N–H and O–H groups in total. The minimum Gasteiger partial charge on any atom is -0.383 e. The number of nitrogens with one attached hydrogen (secondary N) is 1. The molecule has 130 valence electrons. The van der Waals surface area contributed by atoms with Gasteiger partial charge >= 0.3 is 0 Å². The van der Waals surface area contributed by atoms with Crippen LogP contribution in [0.25, 0.3) is 11.0 Å². The standard InChI is InChI=1S/C18H18IN3O2S/c1-24-10-9-22-16-8-3-2-7-15(16)21-18(22)25-12-17(23)20-14-6-4-5-13(19)11-14/h2-8,11H,9-10,12H2,1H3,(H,20,23). The number of nitrogens with zero attached hydrogens (tertiary/aromatic N) is 2. The largest absolute Gasteiger partial charge is 0.383 e. The van der Waals surface area contributed by atoms with Crippen LogP contribution in [0.15, 0.2) is 53.7 Å². The molecule has 0 unspecified atom stereocenters.